The van der Waals surface area contributed by atoms with Crippen LogP contribution in [-0.4, -0.2) is 16.8 Å². The SMILES string of the molecule is CCOP(OF)c1cn[nH]c1. The van der Waals surface area contributed by atoms with Gasteiger partial charge < -0.3 is 4.52 Å². The van der Waals surface area contributed by atoms with Gasteiger partial charge in [0.05, 0.1) is 18.1 Å². The van der Waals surface area contributed by atoms with Gasteiger partial charge in [-0.2, -0.15) is 5.10 Å². The van der Waals surface area contributed by atoms with Crippen molar-refractivity contribution in [3.8, 4) is 0 Å². The smallest absolute Gasteiger partial charge is 0.251 e. The molecule has 1 heterocycles. The van der Waals surface area contributed by atoms with Gasteiger partial charge in [0.2, 0.25) is 0 Å². The van der Waals surface area contributed by atoms with Gasteiger partial charge in [-0.15, -0.1) is 4.73 Å². The van der Waals surface area contributed by atoms with Crippen LogP contribution in [0.25, 0.3) is 0 Å². The summed E-state index contributed by atoms with van der Waals surface area (Å²) in [5.41, 5.74) is 0. The Morgan fingerprint density at radius 2 is 2.64 bits per heavy atom. The van der Waals surface area contributed by atoms with Crippen LogP contribution in [0.3, 0.4) is 0 Å². The molecule has 0 saturated heterocycles. The van der Waals surface area contributed by atoms with Crippen LogP contribution in [-0.2, 0) is 9.25 Å². The Balaban J connectivity index is 2.56. The molecule has 0 aromatic carbocycles. The van der Waals surface area contributed by atoms with Gasteiger partial charge in [-0.1, -0.05) is 0 Å². The van der Waals surface area contributed by atoms with Crippen molar-refractivity contribution in [3.05, 3.63) is 12.4 Å². The number of rotatable bonds is 4. The second kappa shape index (κ2) is 4.38. The maximum absolute atomic E-state index is 11.8. The molecule has 0 aliphatic heterocycles. The molecule has 0 radical (unpaired) electrons. The van der Waals surface area contributed by atoms with Crippen molar-refractivity contribution in [2.24, 2.45) is 0 Å². The fraction of sp³-hybridized carbons (Fsp3) is 0.400. The van der Waals surface area contributed by atoms with Crippen molar-refractivity contribution in [2.75, 3.05) is 6.61 Å². The normalized spacial score (nSPS) is 13.3. The molecule has 0 saturated carbocycles. The Bertz CT molecular complexity index is 194. The molecule has 0 fully saturated rings. The Morgan fingerprint density at radius 1 is 1.82 bits per heavy atom. The molecule has 1 atom stereocenters. The predicted molar refractivity (Wildman–Crippen MR) is 39.0 cm³/mol. The fourth-order valence-corrected chi connectivity index (χ4v) is 1.41. The van der Waals surface area contributed by atoms with E-state index < -0.39 is 8.38 Å². The van der Waals surface area contributed by atoms with E-state index in [4.69, 9.17) is 4.52 Å². The predicted octanol–water partition coefficient (Wildman–Crippen LogP) is 1.28. The van der Waals surface area contributed by atoms with Crippen LogP contribution in [0.15, 0.2) is 12.4 Å². The number of aromatic amines is 1. The van der Waals surface area contributed by atoms with Gasteiger partial charge in [-0.05, 0) is 11.4 Å². The Hall–Kier alpha value is -0.510. The first-order chi connectivity index (χ1) is 5.38. The lowest BCUT2D eigenvalue weighted by Gasteiger charge is -2.06. The number of halogens is 1. The van der Waals surface area contributed by atoms with Crippen molar-refractivity contribution in [3.63, 3.8) is 0 Å². The maximum Gasteiger partial charge on any atom is 0.251 e. The van der Waals surface area contributed by atoms with E-state index in [2.05, 4.69) is 14.9 Å². The van der Waals surface area contributed by atoms with Crippen LogP contribution in [0.1, 0.15) is 6.92 Å². The van der Waals surface area contributed by atoms with E-state index in [-0.39, 0.29) is 0 Å². The molecular formula is C5H8FN2O2P. The zero-order valence-electron chi connectivity index (χ0n) is 5.95. The van der Waals surface area contributed by atoms with E-state index in [1.165, 1.54) is 6.20 Å². The van der Waals surface area contributed by atoms with Crippen molar-refractivity contribution >= 4 is 13.7 Å². The van der Waals surface area contributed by atoms with Crippen LogP contribution in [0.5, 0.6) is 0 Å². The Morgan fingerprint density at radius 3 is 3.09 bits per heavy atom. The summed E-state index contributed by atoms with van der Waals surface area (Å²) in [6.45, 7) is 2.19. The molecule has 0 aliphatic carbocycles. The largest absolute Gasteiger partial charge is 0.329 e. The summed E-state index contributed by atoms with van der Waals surface area (Å²) < 4.78 is 20.3. The van der Waals surface area contributed by atoms with Gasteiger partial charge in [0.25, 0.3) is 8.38 Å². The third kappa shape index (κ3) is 2.22. The average Bonchev–Trinajstić information content (AvgIpc) is 2.52. The van der Waals surface area contributed by atoms with E-state index >= 15 is 0 Å². The minimum Gasteiger partial charge on any atom is -0.329 e. The van der Waals surface area contributed by atoms with Crippen LogP contribution < -0.4 is 5.30 Å². The van der Waals surface area contributed by atoms with Crippen molar-refractivity contribution < 1.29 is 13.8 Å². The van der Waals surface area contributed by atoms with E-state index in [1.807, 2.05) is 0 Å². The fourth-order valence-electron chi connectivity index (χ4n) is 0.595. The van der Waals surface area contributed by atoms with Gasteiger partial charge in [-0.3, -0.25) is 5.10 Å². The van der Waals surface area contributed by atoms with Crippen LogP contribution in [0, 0.1) is 0 Å². The highest BCUT2D eigenvalue weighted by atomic mass is 31.2. The molecule has 62 valence electrons. The first-order valence-corrected chi connectivity index (χ1v) is 4.26. The lowest BCUT2D eigenvalue weighted by atomic mass is 10.7. The molecule has 4 nitrogen and oxygen atoms in total. The summed E-state index contributed by atoms with van der Waals surface area (Å²) in [7, 11) is -1.58. The first kappa shape index (κ1) is 8.59. The summed E-state index contributed by atoms with van der Waals surface area (Å²) >= 11 is 0. The van der Waals surface area contributed by atoms with Crippen LogP contribution >= 0.6 is 8.38 Å². The van der Waals surface area contributed by atoms with E-state index in [0.717, 1.165) is 0 Å². The summed E-state index contributed by atoms with van der Waals surface area (Å²) in [6.07, 6.45) is 3.02. The molecule has 0 amide bonds. The monoisotopic (exact) mass is 178 g/mol. The number of hydrogen-bond acceptors (Lipinski definition) is 3. The molecule has 0 aliphatic rings. The molecule has 1 N–H and O–H groups in total. The second-order valence-corrected chi connectivity index (χ2v) is 3.13. The Labute approximate surface area is 64.5 Å². The molecule has 1 aromatic rings. The maximum atomic E-state index is 11.8. The standard InChI is InChI=1S/C5H8FN2O2P/c1-2-9-11(10-6)5-3-7-8-4-5/h3-4H,2H2,1H3,(H,7,8). The molecule has 1 aromatic heterocycles. The highest BCUT2D eigenvalue weighted by Crippen LogP contribution is 2.36. The number of H-pyrrole nitrogens is 1. The second-order valence-electron chi connectivity index (χ2n) is 1.70. The number of aromatic nitrogens is 2. The number of nitrogens with zero attached hydrogens (tertiary/aromatic N) is 1. The van der Waals surface area contributed by atoms with Gasteiger partial charge >= 0.3 is 0 Å². The Kier molecular flexibility index (Phi) is 3.42. The molecule has 0 bridgehead atoms. The lowest BCUT2D eigenvalue weighted by Crippen LogP contribution is -1.99. The molecule has 1 rings (SSSR count). The van der Waals surface area contributed by atoms with E-state index in [1.54, 1.807) is 13.1 Å². The van der Waals surface area contributed by atoms with Gasteiger partial charge in [0.15, 0.2) is 0 Å². The third-order valence-electron chi connectivity index (χ3n) is 1.00. The van der Waals surface area contributed by atoms with E-state index in [9.17, 15) is 4.53 Å². The quantitative estimate of drug-likeness (QED) is 0.706. The van der Waals surface area contributed by atoms with Gasteiger partial charge in [0.1, 0.15) is 0 Å². The molecular weight excluding hydrogens is 170 g/mol. The summed E-state index contributed by atoms with van der Waals surface area (Å²) in [4.78, 5) is 0. The van der Waals surface area contributed by atoms with Crippen molar-refractivity contribution in [2.45, 2.75) is 6.92 Å². The topological polar surface area (TPSA) is 47.1 Å². The first-order valence-electron chi connectivity index (χ1n) is 3.09. The summed E-state index contributed by atoms with van der Waals surface area (Å²) in [6, 6.07) is 0. The number of hydrogen-bond donors (Lipinski definition) is 1. The lowest BCUT2D eigenvalue weighted by molar-refractivity contribution is -0.00616. The zero-order valence-corrected chi connectivity index (χ0v) is 6.85. The minimum atomic E-state index is -1.58. The van der Waals surface area contributed by atoms with Crippen molar-refractivity contribution in [1.82, 2.24) is 10.2 Å². The van der Waals surface area contributed by atoms with Gasteiger partial charge in [-0.25, -0.2) is 0 Å². The number of nitrogens with one attached hydrogen (secondary N) is 1. The molecule has 6 heteroatoms. The highest BCUT2D eigenvalue weighted by molar-refractivity contribution is 7.55. The molecule has 1 unspecified atom stereocenters. The minimum absolute atomic E-state index is 0.417. The van der Waals surface area contributed by atoms with E-state index in [0.29, 0.717) is 11.9 Å². The zero-order chi connectivity index (χ0) is 8.10. The van der Waals surface area contributed by atoms with Crippen molar-refractivity contribution in [1.29, 1.82) is 0 Å². The average molecular weight is 178 g/mol. The van der Waals surface area contributed by atoms with Crippen LogP contribution in [0.4, 0.5) is 4.53 Å². The highest BCUT2D eigenvalue weighted by Gasteiger charge is 2.14. The van der Waals surface area contributed by atoms with Gasteiger partial charge in [0, 0.05) is 6.20 Å². The van der Waals surface area contributed by atoms with Crippen LogP contribution in [0.2, 0.25) is 0 Å². The molecule has 11 heavy (non-hydrogen) atoms. The summed E-state index contributed by atoms with van der Waals surface area (Å²) in [5.74, 6) is 0. The summed E-state index contributed by atoms with van der Waals surface area (Å²) in [5, 5.41) is 6.78. The molecule has 0 spiro atoms. The third-order valence-corrected chi connectivity index (χ3v) is 2.29.